The van der Waals surface area contributed by atoms with Gasteiger partial charge in [-0.1, -0.05) is 63.3 Å². The largest absolute Gasteiger partial charge is 0.463 e. The molecule has 2 saturated carbocycles. The SMILES string of the molecule is CCNC1C=C2C=CCC3CCCCC(C)CC4CCCC5C(=O)C6(CC(CO)=C(C)CCC7CCNC(NCNC)C7)OC6(C(=O)OCC1CC23)C(=O)C45. The minimum Gasteiger partial charge on any atom is -0.463 e. The molecule has 12 unspecified atom stereocenters. The van der Waals surface area contributed by atoms with Gasteiger partial charge in [0.15, 0.2) is 17.2 Å². The van der Waals surface area contributed by atoms with E-state index in [1.165, 1.54) is 24.8 Å². The van der Waals surface area contributed by atoms with Crippen molar-refractivity contribution >= 4 is 17.5 Å². The Hall–Kier alpha value is -2.21. The summed E-state index contributed by atoms with van der Waals surface area (Å²) < 4.78 is 12.8. The third-order valence-electron chi connectivity index (χ3n) is 15.1. The molecule has 306 valence electrons. The van der Waals surface area contributed by atoms with Crippen molar-refractivity contribution in [2.75, 3.05) is 40.0 Å². The number of aliphatic hydroxyl groups is 1. The topological polar surface area (TPSA) is 141 Å². The van der Waals surface area contributed by atoms with Crippen LogP contribution in [0.2, 0.25) is 0 Å². The Bertz CT molecular complexity index is 1510. The molecule has 12 atom stereocenters. The number of fused-ring (bicyclic) bond motifs is 1. The summed E-state index contributed by atoms with van der Waals surface area (Å²) in [5.74, 6) is 0.0183. The summed E-state index contributed by atoms with van der Waals surface area (Å²) in [5.41, 5.74) is -0.438. The van der Waals surface area contributed by atoms with Crippen molar-refractivity contribution in [1.29, 1.82) is 0 Å². The number of hydrogen-bond acceptors (Lipinski definition) is 10. The van der Waals surface area contributed by atoms with Gasteiger partial charge in [-0.05, 0) is 132 Å². The summed E-state index contributed by atoms with van der Waals surface area (Å²) in [4.78, 5) is 44.8. The van der Waals surface area contributed by atoms with Crippen LogP contribution in [0.5, 0.6) is 0 Å². The van der Waals surface area contributed by atoms with Crippen LogP contribution in [0.3, 0.4) is 0 Å². The smallest absolute Gasteiger partial charge is 0.350 e. The van der Waals surface area contributed by atoms with Gasteiger partial charge in [-0.15, -0.1) is 0 Å². The maximum absolute atomic E-state index is 15.1. The van der Waals surface area contributed by atoms with E-state index in [0.29, 0.717) is 35.7 Å². The molecule has 5 N–H and O–H groups in total. The molecule has 7 rings (SSSR count). The van der Waals surface area contributed by atoms with E-state index < -0.39 is 29.0 Å². The first kappa shape index (κ1) is 41.0. The highest BCUT2D eigenvalue weighted by Crippen LogP contribution is 2.63. The van der Waals surface area contributed by atoms with Crippen LogP contribution in [0, 0.1) is 47.3 Å². The summed E-state index contributed by atoms with van der Waals surface area (Å²) in [5, 5.41) is 24.7. The molecule has 10 heteroatoms. The summed E-state index contributed by atoms with van der Waals surface area (Å²) in [6.45, 7) is 8.86. The second kappa shape index (κ2) is 17.7. The standard InChI is InChI=1S/C45H70N4O6/c1-5-47-38-23-32-13-8-12-31-11-7-6-10-28(2)20-33-14-9-15-36-40(33)42(52)45(43(53)54-26-34(38)22-37(31)32)44(55-45,41(36)51)24-35(25-50)29(3)16-17-30-18-19-48-39(21-30)49-27-46-4/h8,13,23,28,30-31,33-34,36-40,46-50H,5-7,9-12,14-22,24-27H2,1-4H3. The number of epoxide rings is 1. The number of allylic oxidation sites excluding steroid dienone is 4. The molecule has 7 aliphatic rings. The number of esters is 1. The molecular weight excluding hydrogens is 693 g/mol. The van der Waals surface area contributed by atoms with Gasteiger partial charge in [-0.2, -0.15) is 0 Å². The summed E-state index contributed by atoms with van der Waals surface area (Å²) >= 11 is 0. The molecule has 3 saturated heterocycles. The lowest BCUT2D eigenvalue weighted by Gasteiger charge is -2.43. The molecule has 1 spiro atoms. The lowest BCUT2D eigenvalue weighted by atomic mass is 9.56. The second-order valence-corrected chi connectivity index (χ2v) is 18.5. The summed E-state index contributed by atoms with van der Waals surface area (Å²) in [6.07, 6.45) is 21.2. The van der Waals surface area contributed by atoms with Crippen LogP contribution in [0.1, 0.15) is 117 Å². The van der Waals surface area contributed by atoms with Crippen LogP contribution in [-0.2, 0) is 23.9 Å². The number of Topliss-reactive ketones (excluding diaryl/α,β-unsaturated/α-hetero) is 2. The molecule has 55 heavy (non-hydrogen) atoms. The number of ketones is 2. The maximum atomic E-state index is 15.1. The fourth-order valence-electron chi connectivity index (χ4n) is 12.0. The molecular formula is C45H70N4O6. The minimum absolute atomic E-state index is 0.0475. The normalized spacial score (nSPS) is 41.0. The fraction of sp³-hybridized carbons (Fsp3) is 0.800. The van der Waals surface area contributed by atoms with Crippen LogP contribution < -0.4 is 21.3 Å². The number of hydrogen-bond donors (Lipinski definition) is 5. The zero-order valence-corrected chi connectivity index (χ0v) is 34.1. The van der Waals surface area contributed by atoms with Crippen molar-refractivity contribution in [2.45, 2.75) is 140 Å². The van der Waals surface area contributed by atoms with E-state index in [0.717, 1.165) is 89.5 Å². The Kier molecular flexibility index (Phi) is 13.2. The minimum atomic E-state index is -1.95. The Morgan fingerprint density at radius 2 is 1.78 bits per heavy atom. The molecule has 4 bridgehead atoms. The molecule has 0 radical (unpaired) electrons. The number of ether oxygens (including phenoxy) is 2. The lowest BCUT2D eigenvalue weighted by molar-refractivity contribution is -0.161. The zero-order chi connectivity index (χ0) is 38.7. The summed E-state index contributed by atoms with van der Waals surface area (Å²) in [6, 6.07) is 0.0504. The van der Waals surface area contributed by atoms with E-state index in [2.05, 4.69) is 53.3 Å². The Balaban J connectivity index is 1.17. The van der Waals surface area contributed by atoms with E-state index >= 15 is 4.79 Å². The highest BCUT2D eigenvalue weighted by molar-refractivity contribution is 6.23. The third kappa shape index (κ3) is 8.11. The predicted molar refractivity (Wildman–Crippen MR) is 214 cm³/mol. The zero-order valence-electron chi connectivity index (χ0n) is 34.1. The van der Waals surface area contributed by atoms with E-state index in [1.54, 1.807) is 0 Å². The first-order valence-electron chi connectivity index (χ1n) is 22.1. The molecule has 3 heterocycles. The third-order valence-corrected chi connectivity index (χ3v) is 15.1. The van der Waals surface area contributed by atoms with E-state index in [9.17, 15) is 14.7 Å². The fourth-order valence-corrected chi connectivity index (χ4v) is 12.0. The van der Waals surface area contributed by atoms with Crippen LogP contribution in [0.15, 0.2) is 34.9 Å². The van der Waals surface area contributed by atoms with Gasteiger partial charge in [0, 0.05) is 36.9 Å². The van der Waals surface area contributed by atoms with Gasteiger partial charge in [0.2, 0.25) is 0 Å². The van der Waals surface area contributed by atoms with E-state index in [-0.39, 0.29) is 55.2 Å². The van der Waals surface area contributed by atoms with Crippen molar-refractivity contribution in [3.05, 3.63) is 34.9 Å². The van der Waals surface area contributed by atoms with Gasteiger partial charge in [0.25, 0.3) is 5.60 Å². The number of piperidine rings is 1. The van der Waals surface area contributed by atoms with Crippen molar-refractivity contribution in [3.8, 4) is 0 Å². The average molecular weight is 763 g/mol. The van der Waals surface area contributed by atoms with Gasteiger partial charge < -0.3 is 30.5 Å². The number of carbonyl (C=O) groups is 3. The quantitative estimate of drug-likeness (QED) is 0.0602. The van der Waals surface area contributed by atoms with Crippen LogP contribution >= 0.6 is 0 Å². The van der Waals surface area contributed by atoms with E-state index in [1.807, 2.05) is 14.0 Å². The Morgan fingerprint density at radius 3 is 2.58 bits per heavy atom. The molecule has 4 aliphatic carbocycles. The van der Waals surface area contributed by atoms with Gasteiger partial charge in [0.1, 0.15) is 0 Å². The van der Waals surface area contributed by atoms with Gasteiger partial charge in [-0.3, -0.25) is 14.9 Å². The van der Waals surface area contributed by atoms with Crippen molar-refractivity contribution in [2.24, 2.45) is 47.3 Å². The Labute approximate surface area is 329 Å². The molecule has 5 fully saturated rings. The summed E-state index contributed by atoms with van der Waals surface area (Å²) in [7, 11) is 1.93. The van der Waals surface area contributed by atoms with E-state index in [4.69, 9.17) is 9.47 Å². The number of nitrogens with one attached hydrogen (secondary N) is 4. The van der Waals surface area contributed by atoms with Crippen LogP contribution in [0.4, 0.5) is 0 Å². The molecule has 10 nitrogen and oxygen atoms in total. The number of rotatable bonds is 11. The van der Waals surface area contributed by atoms with Crippen molar-refractivity contribution in [3.63, 3.8) is 0 Å². The average Bonchev–Trinajstić information content (AvgIpc) is 3.89. The lowest BCUT2D eigenvalue weighted by Crippen LogP contribution is -2.60. The van der Waals surface area contributed by atoms with Crippen LogP contribution in [-0.4, -0.2) is 86.1 Å². The molecule has 0 aromatic rings. The Morgan fingerprint density at radius 1 is 0.964 bits per heavy atom. The van der Waals surface area contributed by atoms with Gasteiger partial charge >= 0.3 is 5.97 Å². The highest BCUT2D eigenvalue weighted by Gasteiger charge is 2.87. The molecule has 3 aliphatic heterocycles. The first-order valence-corrected chi connectivity index (χ1v) is 22.1. The van der Waals surface area contributed by atoms with Gasteiger partial charge in [0.05, 0.1) is 19.4 Å². The van der Waals surface area contributed by atoms with Crippen molar-refractivity contribution < 1.29 is 29.0 Å². The second-order valence-electron chi connectivity index (χ2n) is 18.5. The van der Waals surface area contributed by atoms with Gasteiger partial charge in [-0.25, -0.2) is 4.79 Å². The number of cyclic esters (lactones) is 1. The molecule has 0 aromatic heterocycles. The molecule has 0 amide bonds. The highest BCUT2D eigenvalue weighted by atomic mass is 16.7. The number of carbonyl (C=O) groups excluding carboxylic acids is 3. The number of aliphatic hydroxyl groups excluding tert-OH is 1. The molecule has 0 aromatic carbocycles. The predicted octanol–water partition coefficient (Wildman–Crippen LogP) is 5.51. The monoisotopic (exact) mass is 763 g/mol. The van der Waals surface area contributed by atoms with Crippen LogP contribution in [0.25, 0.3) is 0 Å². The first-order chi connectivity index (χ1) is 26.6. The van der Waals surface area contributed by atoms with Crippen molar-refractivity contribution in [1.82, 2.24) is 21.3 Å². The number of likely N-dealkylation sites (N-methyl/N-ethyl adjacent to an activating group) is 1. The maximum Gasteiger partial charge on any atom is 0.350 e.